The lowest BCUT2D eigenvalue weighted by Crippen LogP contribution is -2.22. The zero-order chi connectivity index (χ0) is 11.3. The first kappa shape index (κ1) is 12.6. The minimum Gasteiger partial charge on any atom is -0.372 e. The molecule has 0 spiro atoms. The summed E-state index contributed by atoms with van der Waals surface area (Å²) in [4.78, 5) is 5.97. The van der Waals surface area contributed by atoms with Crippen LogP contribution in [0.25, 0.3) is 0 Å². The van der Waals surface area contributed by atoms with E-state index in [1.807, 2.05) is 19.0 Å². The van der Waals surface area contributed by atoms with Crippen molar-refractivity contribution in [3.8, 4) is 0 Å². The molecule has 0 bridgehead atoms. The van der Waals surface area contributed by atoms with Gasteiger partial charge in [0.05, 0.1) is 15.7 Å². The van der Waals surface area contributed by atoms with Crippen molar-refractivity contribution >= 4 is 28.9 Å². The molecule has 84 valence electrons. The quantitative estimate of drug-likeness (QED) is 0.811. The predicted molar refractivity (Wildman–Crippen MR) is 66.1 cm³/mol. The standard InChI is InChI=1S/C10H15Cl2N3/c1-13-4-3-5-15(2)10-8(11)6-14-7-9(10)12/h6-7,13H,3-5H2,1-2H3. The second-order valence-electron chi connectivity index (χ2n) is 3.33. The summed E-state index contributed by atoms with van der Waals surface area (Å²) in [5, 5.41) is 4.28. The summed E-state index contributed by atoms with van der Waals surface area (Å²) < 4.78 is 0. The van der Waals surface area contributed by atoms with Gasteiger partial charge in [0.25, 0.3) is 0 Å². The first-order valence-corrected chi connectivity index (χ1v) is 5.57. The van der Waals surface area contributed by atoms with Crippen molar-refractivity contribution in [2.24, 2.45) is 0 Å². The maximum Gasteiger partial charge on any atom is 0.0837 e. The predicted octanol–water partition coefficient (Wildman–Crippen LogP) is 2.43. The molecular weight excluding hydrogens is 233 g/mol. The van der Waals surface area contributed by atoms with Crippen molar-refractivity contribution in [2.45, 2.75) is 6.42 Å². The van der Waals surface area contributed by atoms with Crippen molar-refractivity contribution in [3.63, 3.8) is 0 Å². The number of rotatable bonds is 5. The number of pyridine rings is 1. The summed E-state index contributed by atoms with van der Waals surface area (Å²) in [7, 11) is 3.91. The number of nitrogens with zero attached hydrogens (tertiary/aromatic N) is 2. The molecule has 0 fully saturated rings. The van der Waals surface area contributed by atoms with Crippen molar-refractivity contribution in [3.05, 3.63) is 22.4 Å². The Morgan fingerprint density at radius 3 is 2.47 bits per heavy atom. The lowest BCUT2D eigenvalue weighted by Gasteiger charge is -2.21. The molecule has 0 aliphatic rings. The van der Waals surface area contributed by atoms with Gasteiger partial charge in [-0.05, 0) is 20.0 Å². The SMILES string of the molecule is CNCCCN(C)c1c(Cl)cncc1Cl. The van der Waals surface area contributed by atoms with E-state index in [4.69, 9.17) is 23.2 Å². The molecule has 0 aromatic carbocycles. The average Bonchev–Trinajstić information content (AvgIpc) is 2.18. The van der Waals surface area contributed by atoms with Gasteiger partial charge in [-0.15, -0.1) is 0 Å². The van der Waals surface area contributed by atoms with E-state index in [0.717, 1.165) is 25.2 Å². The Morgan fingerprint density at radius 1 is 1.33 bits per heavy atom. The van der Waals surface area contributed by atoms with Gasteiger partial charge < -0.3 is 10.2 Å². The van der Waals surface area contributed by atoms with Gasteiger partial charge >= 0.3 is 0 Å². The summed E-state index contributed by atoms with van der Waals surface area (Å²) in [6.45, 7) is 1.88. The van der Waals surface area contributed by atoms with E-state index in [1.165, 1.54) is 0 Å². The third kappa shape index (κ3) is 3.52. The first-order valence-electron chi connectivity index (χ1n) is 4.81. The second-order valence-corrected chi connectivity index (χ2v) is 4.14. The maximum absolute atomic E-state index is 6.03. The highest BCUT2D eigenvalue weighted by molar-refractivity contribution is 6.38. The van der Waals surface area contributed by atoms with Gasteiger partial charge in [-0.1, -0.05) is 23.2 Å². The van der Waals surface area contributed by atoms with Gasteiger partial charge in [-0.25, -0.2) is 0 Å². The van der Waals surface area contributed by atoms with Gasteiger partial charge in [-0.2, -0.15) is 0 Å². The molecule has 1 N–H and O–H groups in total. The highest BCUT2D eigenvalue weighted by atomic mass is 35.5. The van der Waals surface area contributed by atoms with Crippen LogP contribution in [0.1, 0.15) is 6.42 Å². The number of hydrogen-bond donors (Lipinski definition) is 1. The normalized spacial score (nSPS) is 10.4. The number of anilines is 1. The number of nitrogens with one attached hydrogen (secondary N) is 1. The molecular formula is C10H15Cl2N3. The van der Waals surface area contributed by atoms with Crippen LogP contribution >= 0.6 is 23.2 Å². The molecule has 15 heavy (non-hydrogen) atoms. The second kappa shape index (κ2) is 6.16. The first-order chi connectivity index (χ1) is 7.16. The molecule has 0 unspecified atom stereocenters. The Bertz CT molecular complexity index is 297. The molecule has 1 heterocycles. The molecule has 3 nitrogen and oxygen atoms in total. The van der Waals surface area contributed by atoms with Crippen LogP contribution in [-0.2, 0) is 0 Å². The van der Waals surface area contributed by atoms with E-state index in [2.05, 4.69) is 10.3 Å². The highest BCUT2D eigenvalue weighted by Crippen LogP contribution is 2.31. The molecule has 0 radical (unpaired) electrons. The third-order valence-electron chi connectivity index (χ3n) is 2.13. The van der Waals surface area contributed by atoms with Crippen LogP contribution in [0, 0.1) is 0 Å². The molecule has 0 saturated carbocycles. The summed E-state index contributed by atoms with van der Waals surface area (Å²) in [5.41, 5.74) is 0.851. The van der Waals surface area contributed by atoms with Crippen molar-refractivity contribution in [2.75, 3.05) is 32.1 Å². The van der Waals surface area contributed by atoms with E-state index in [0.29, 0.717) is 10.0 Å². The topological polar surface area (TPSA) is 28.2 Å². The van der Waals surface area contributed by atoms with Gasteiger partial charge in [0.15, 0.2) is 0 Å². The number of aromatic nitrogens is 1. The Balaban J connectivity index is 2.68. The van der Waals surface area contributed by atoms with Crippen LogP contribution < -0.4 is 10.2 Å². The fourth-order valence-electron chi connectivity index (χ4n) is 1.37. The largest absolute Gasteiger partial charge is 0.372 e. The van der Waals surface area contributed by atoms with Crippen LogP contribution in [-0.4, -0.2) is 32.2 Å². The van der Waals surface area contributed by atoms with Crippen molar-refractivity contribution in [1.29, 1.82) is 0 Å². The molecule has 1 aromatic heterocycles. The molecule has 1 rings (SSSR count). The molecule has 0 saturated heterocycles. The molecule has 1 aromatic rings. The van der Waals surface area contributed by atoms with E-state index in [1.54, 1.807) is 12.4 Å². The Hall–Kier alpha value is -0.510. The summed E-state index contributed by atoms with van der Waals surface area (Å²) in [5.74, 6) is 0. The molecule has 0 aliphatic heterocycles. The van der Waals surface area contributed by atoms with E-state index in [9.17, 15) is 0 Å². The van der Waals surface area contributed by atoms with Crippen LogP contribution in [0.15, 0.2) is 12.4 Å². The van der Waals surface area contributed by atoms with Crippen molar-refractivity contribution < 1.29 is 0 Å². The summed E-state index contributed by atoms with van der Waals surface area (Å²) >= 11 is 12.1. The van der Waals surface area contributed by atoms with Crippen LogP contribution in [0.5, 0.6) is 0 Å². The summed E-state index contributed by atoms with van der Waals surface area (Å²) in [6, 6.07) is 0. The van der Waals surface area contributed by atoms with Crippen LogP contribution in [0.3, 0.4) is 0 Å². The molecule has 0 amide bonds. The average molecular weight is 248 g/mol. The molecule has 0 atom stereocenters. The minimum absolute atomic E-state index is 0.592. The van der Waals surface area contributed by atoms with E-state index >= 15 is 0 Å². The highest BCUT2D eigenvalue weighted by Gasteiger charge is 2.10. The zero-order valence-corrected chi connectivity index (χ0v) is 10.4. The maximum atomic E-state index is 6.03. The summed E-state index contributed by atoms with van der Waals surface area (Å²) in [6.07, 6.45) is 4.26. The fraction of sp³-hybridized carbons (Fsp3) is 0.500. The Labute approximate surface area is 100 Å². The monoisotopic (exact) mass is 247 g/mol. The minimum atomic E-state index is 0.592. The Morgan fingerprint density at radius 2 is 1.93 bits per heavy atom. The van der Waals surface area contributed by atoms with Crippen molar-refractivity contribution in [1.82, 2.24) is 10.3 Å². The van der Waals surface area contributed by atoms with Gasteiger partial charge in [0.1, 0.15) is 0 Å². The number of halogens is 2. The van der Waals surface area contributed by atoms with E-state index < -0.39 is 0 Å². The third-order valence-corrected chi connectivity index (χ3v) is 2.68. The fourth-order valence-corrected chi connectivity index (χ4v) is 2.03. The lowest BCUT2D eigenvalue weighted by atomic mass is 10.3. The molecule has 0 aliphatic carbocycles. The van der Waals surface area contributed by atoms with Gasteiger partial charge in [0.2, 0.25) is 0 Å². The molecule has 5 heteroatoms. The number of hydrogen-bond acceptors (Lipinski definition) is 3. The van der Waals surface area contributed by atoms with Crippen LogP contribution in [0.2, 0.25) is 10.0 Å². The zero-order valence-electron chi connectivity index (χ0n) is 8.93. The Kier molecular flexibility index (Phi) is 5.15. The smallest absolute Gasteiger partial charge is 0.0837 e. The van der Waals surface area contributed by atoms with E-state index in [-0.39, 0.29) is 0 Å². The van der Waals surface area contributed by atoms with Gasteiger partial charge in [-0.3, -0.25) is 4.98 Å². The lowest BCUT2D eigenvalue weighted by molar-refractivity contribution is 0.713. The van der Waals surface area contributed by atoms with Gasteiger partial charge in [0, 0.05) is 26.0 Å². The van der Waals surface area contributed by atoms with Crippen LogP contribution in [0.4, 0.5) is 5.69 Å².